The van der Waals surface area contributed by atoms with Crippen molar-refractivity contribution in [1.29, 1.82) is 0 Å². The van der Waals surface area contributed by atoms with Crippen LogP contribution in [-0.4, -0.2) is 18.8 Å². The minimum Gasteiger partial charge on any atom is -0.481 e. The molecule has 2 aromatic rings. The van der Waals surface area contributed by atoms with Crippen LogP contribution in [0.4, 0.5) is 10.1 Å². The van der Waals surface area contributed by atoms with Gasteiger partial charge in [0.05, 0.1) is 0 Å². The number of hydrogen-bond donors (Lipinski definition) is 1. The van der Waals surface area contributed by atoms with Crippen molar-refractivity contribution in [3.63, 3.8) is 0 Å². The summed E-state index contributed by atoms with van der Waals surface area (Å²) in [5, 5.41) is 2.73. The summed E-state index contributed by atoms with van der Waals surface area (Å²) < 4.78 is 28.7. The van der Waals surface area contributed by atoms with E-state index in [0.29, 0.717) is 22.9 Å². The highest BCUT2D eigenvalue weighted by Gasteiger charge is 2.18. The molecule has 0 spiro atoms. The van der Waals surface area contributed by atoms with Crippen molar-refractivity contribution in [2.45, 2.75) is 13.0 Å². The molecule has 1 heterocycles. The molecule has 0 saturated carbocycles. The SMILES string of the molecule is CC(Oc1ccc(F)cc1)C(=O)Nc1ccc2c(c1)OCO2. The highest BCUT2D eigenvalue weighted by molar-refractivity contribution is 5.94. The molecular formula is C16H14FNO4. The maximum atomic E-state index is 12.8. The minimum atomic E-state index is -0.726. The Kier molecular flexibility index (Phi) is 3.82. The summed E-state index contributed by atoms with van der Waals surface area (Å²) >= 11 is 0. The maximum absolute atomic E-state index is 12.8. The third kappa shape index (κ3) is 3.11. The Hall–Kier alpha value is -2.76. The van der Waals surface area contributed by atoms with Crippen LogP contribution in [0.15, 0.2) is 42.5 Å². The van der Waals surface area contributed by atoms with Gasteiger partial charge in [0, 0.05) is 11.8 Å². The molecule has 114 valence electrons. The monoisotopic (exact) mass is 303 g/mol. The van der Waals surface area contributed by atoms with E-state index < -0.39 is 6.10 Å². The van der Waals surface area contributed by atoms with Gasteiger partial charge in [-0.1, -0.05) is 0 Å². The zero-order valence-electron chi connectivity index (χ0n) is 11.8. The van der Waals surface area contributed by atoms with Gasteiger partial charge in [-0.15, -0.1) is 0 Å². The van der Waals surface area contributed by atoms with Gasteiger partial charge in [0.1, 0.15) is 11.6 Å². The van der Waals surface area contributed by atoms with Crippen molar-refractivity contribution in [2.75, 3.05) is 12.1 Å². The third-order valence-electron chi connectivity index (χ3n) is 3.14. The van der Waals surface area contributed by atoms with E-state index in [1.807, 2.05) is 0 Å². The molecule has 1 aliphatic heterocycles. The lowest BCUT2D eigenvalue weighted by molar-refractivity contribution is -0.122. The van der Waals surface area contributed by atoms with E-state index in [1.54, 1.807) is 25.1 Å². The number of anilines is 1. The van der Waals surface area contributed by atoms with Crippen LogP contribution in [0.5, 0.6) is 17.2 Å². The number of ether oxygens (including phenoxy) is 3. The topological polar surface area (TPSA) is 56.8 Å². The van der Waals surface area contributed by atoms with Crippen LogP contribution in [0.25, 0.3) is 0 Å². The number of rotatable bonds is 4. The van der Waals surface area contributed by atoms with E-state index in [9.17, 15) is 9.18 Å². The van der Waals surface area contributed by atoms with E-state index in [-0.39, 0.29) is 18.5 Å². The first kappa shape index (κ1) is 14.2. The molecule has 0 aliphatic carbocycles. The highest BCUT2D eigenvalue weighted by Crippen LogP contribution is 2.34. The van der Waals surface area contributed by atoms with Crippen LogP contribution in [-0.2, 0) is 4.79 Å². The van der Waals surface area contributed by atoms with Crippen molar-refractivity contribution in [3.05, 3.63) is 48.3 Å². The lowest BCUT2D eigenvalue weighted by atomic mass is 10.2. The Bertz CT molecular complexity index is 687. The van der Waals surface area contributed by atoms with E-state index in [4.69, 9.17) is 14.2 Å². The van der Waals surface area contributed by atoms with Gasteiger partial charge in [0.25, 0.3) is 5.91 Å². The van der Waals surface area contributed by atoms with Gasteiger partial charge in [-0.3, -0.25) is 4.79 Å². The van der Waals surface area contributed by atoms with Crippen molar-refractivity contribution < 1.29 is 23.4 Å². The van der Waals surface area contributed by atoms with Gasteiger partial charge in [-0.25, -0.2) is 4.39 Å². The van der Waals surface area contributed by atoms with Crippen LogP contribution in [0.2, 0.25) is 0 Å². The average Bonchev–Trinajstić information content (AvgIpc) is 2.97. The molecule has 22 heavy (non-hydrogen) atoms. The van der Waals surface area contributed by atoms with Crippen molar-refractivity contribution >= 4 is 11.6 Å². The molecule has 0 saturated heterocycles. The standard InChI is InChI=1S/C16H14FNO4/c1-10(22-13-5-2-11(17)3-6-13)16(19)18-12-4-7-14-15(8-12)21-9-20-14/h2-8,10H,9H2,1H3,(H,18,19). The molecule has 0 bridgehead atoms. The number of carbonyl (C=O) groups is 1. The second kappa shape index (κ2) is 5.93. The van der Waals surface area contributed by atoms with E-state index in [1.165, 1.54) is 24.3 Å². The van der Waals surface area contributed by atoms with E-state index in [0.717, 1.165) is 0 Å². The molecule has 1 amide bonds. The average molecular weight is 303 g/mol. The molecular weight excluding hydrogens is 289 g/mol. The Morgan fingerprint density at radius 2 is 1.91 bits per heavy atom. The number of halogens is 1. The second-order valence-corrected chi connectivity index (χ2v) is 4.77. The summed E-state index contributed by atoms with van der Waals surface area (Å²) in [5.74, 6) is 0.987. The Labute approximate surface area is 126 Å². The van der Waals surface area contributed by atoms with Crippen LogP contribution >= 0.6 is 0 Å². The lowest BCUT2D eigenvalue weighted by Gasteiger charge is -2.15. The number of hydrogen-bond acceptors (Lipinski definition) is 4. The quantitative estimate of drug-likeness (QED) is 0.943. The molecule has 0 aromatic heterocycles. The highest BCUT2D eigenvalue weighted by atomic mass is 19.1. The molecule has 3 rings (SSSR count). The summed E-state index contributed by atoms with van der Waals surface area (Å²) in [7, 11) is 0. The first-order valence-corrected chi connectivity index (χ1v) is 6.74. The fourth-order valence-corrected chi connectivity index (χ4v) is 1.99. The predicted octanol–water partition coefficient (Wildman–Crippen LogP) is 2.96. The van der Waals surface area contributed by atoms with Gasteiger partial charge >= 0.3 is 0 Å². The lowest BCUT2D eigenvalue weighted by Crippen LogP contribution is -2.30. The van der Waals surface area contributed by atoms with E-state index in [2.05, 4.69) is 5.32 Å². The van der Waals surface area contributed by atoms with Crippen molar-refractivity contribution in [3.8, 4) is 17.2 Å². The Morgan fingerprint density at radius 3 is 2.68 bits per heavy atom. The molecule has 6 heteroatoms. The smallest absolute Gasteiger partial charge is 0.265 e. The van der Waals surface area contributed by atoms with Crippen LogP contribution in [0, 0.1) is 5.82 Å². The fraction of sp³-hybridized carbons (Fsp3) is 0.188. The number of carbonyl (C=O) groups excluding carboxylic acids is 1. The van der Waals surface area contributed by atoms with Crippen molar-refractivity contribution in [1.82, 2.24) is 0 Å². The summed E-state index contributed by atoms with van der Waals surface area (Å²) in [6.07, 6.45) is -0.726. The number of nitrogens with one attached hydrogen (secondary N) is 1. The largest absolute Gasteiger partial charge is 0.481 e. The summed E-state index contributed by atoms with van der Waals surface area (Å²) in [6, 6.07) is 10.6. The summed E-state index contributed by atoms with van der Waals surface area (Å²) in [4.78, 5) is 12.1. The number of amides is 1. The third-order valence-corrected chi connectivity index (χ3v) is 3.14. The van der Waals surface area contributed by atoms with Gasteiger partial charge in [-0.05, 0) is 43.3 Å². The minimum absolute atomic E-state index is 0.177. The van der Waals surface area contributed by atoms with Crippen molar-refractivity contribution in [2.24, 2.45) is 0 Å². The molecule has 1 unspecified atom stereocenters. The van der Waals surface area contributed by atoms with Crippen LogP contribution in [0.1, 0.15) is 6.92 Å². The molecule has 1 atom stereocenters. The molecule has 2 aromatic carbocycles. The Balaban J connectivity index is 1.62. The number of benzene rings is 2. The molecule has 5 nitrogen and oxygen atoms in total. The second-order valence-electron chi connectivity index (χ2n) is 4.77. The maximum Gasteiger partial charge on any atom is 0.265 e. The van der Waals surface area contributed by atoms with Gasteiger partial charge < -0.3 is 19.5 Å². The zero-order valence-corrected chi connectivity index (χ0v) is 11.8. The van der Waals surface area contributed by atoms with Crippen LogP contribution in [0.3, 0.4) is 0 Å². The van der Waals surface area contributed by atoms with E-state index >= 15 is 0 Å². The molecule has 0 fully saturated rings. The first-order chi connectivity index (χ1) is 10.6. The summed E-state index contributed by atoms with van der Waals surface area (Å²) in [5.41, 5.74) is 0.587. The molecule has 0 radical (unpaired) electrons. The summed E-state index contributed by atoms with van der Waals surface area (Å²) in [6.45, 7) is 1.79. The van der Waals surface area contributed by atoms with Crippen LogP contribution < -0.4 is 19.5 Å². The first-order valence-electron chi connectivity index (χ1n) is 6.74. The Morgan fingerprint density at radius 1 is 1.18 bits per heavy atom. The molecule has 1 N–H and O–H groups in total. The predicted molar refractivity (Wildman–Crippen MR) is 77.7 cm³/mol. The van der Waals surface area contributed by atoms with Gasteiger partial charge in [0.2, 0.25) is 6.79 Å². The number of fused-ring (bicyclic) bond motifs is 1. The molecule has 1 aliphatic rings. The fourth-order valence-electron chi connectivity index (χ4n) is 1.99. The normalized spacial score (nSPS) is 13.5. The van der Waals surface area contributed by atoms with Gasteiger partial charge in [-0.2, -0.15) is 0 Å². The van der Waals surface area contributed by atoms with Gasteiger partial charge in [0.15, 0.2) is 17.6 Å². The zero-order chi connectivity index (χ0) is 15.5.